The fourth-order valence-corrected chi connectivity index (χ4v) is 11.4. The fraction of sp³-hybridized carbons (Fsp3) is 0.0145. The first-order valence-electron chi connectivity index (χ1n) is 24.2. The van der Waals surface area contributed by atoms with Gasteiger partial charge >= 0.3 is 0 Å². The molecule has 0 fully saturated rings. The molecule has 1 nitrogen and oxygen atoms in total. The quantitative estimate of drug-likeness (QED) is 0.147. The molecule has 1 aliphatic carbocycles. The molecule has 0 bridgehead atoms. The van der Waals surface area contributed by atoms with Gasteiger partial charge in [0.15, 0.2) is 0 Å². The summed E-state index contributed by atoms with van der Waals surface area (Å²) in [5, 5.41) is 5.00. The second kappa shape index (κ2) is 17.2. The van der Waals surface area contributed by atoms with Crippen LogP contribution in [0.25, 0.3) is 77.2 Å². The van der Waals surface area contributed by atoms with E-state index in [2.05, 4.69) is 290 Å². The molecule has 70 heavy (non-hydrogen) atoms. The third-order valence-electron chi connectivity index (χ3n) is 14.6. The van der Waals surface area contributed by atoms with Crippen molar-refractivity contribution in [2.45, 2.75) is 5.41 Å². The van der Waals surface area contributed by atoms with Gasteiger partial charge < -0.3 is 4.90 Å². The Hall–Kier alpha value is -9.04. The predicted octanol–water partition coefficient (Wildman–Crippen LogP) is 18.5. The molecule has 1 heteroatoms. The normalized spacial score (nSPS) is 12.4. The van der Waals surface area contributed by atoms with E-state index >= 15 is 0 Å². The van der Waals surface area contributed by atoms with E-state index in [1.807, 2.05) is 0 Å². The van der Waals surface area contributed by atoms with Crippen LogP contribution in [-0.2, 0) is 5.41 Å². The van der Waals surface area contributed by atoms with Gasteiger partial charge in [0, 0.05) is 17.1 Å². The van der Waals surface area contributed by atoms with E-state index in [9.17, 15) is 0 Å². The van der Waals surface area contributed by atoms with Gasteiger partial charge in [-0.05, 0) is 142 Å². The molecular weight excluding hydrogens is 843 g/mol. The summed E-state index contributed by atoms with van der Waals surface area (Å²) in [4.78, 5) is 2.38. The van der Waals surface area contributed by atoms with E-state index < -0.39 is 5.41 Å². The van der Waals surface area contributed by atoms with Crippen LogP contribution < -0.4 is 4.90 Å². The highest BCUT2D eigenvalue weighted by molar-refractivity contribution is 5.99. The van der Waals surface area contributed by atoms with Crippen molar-refractivity contribution < 1.29 is 0 Å². The molecule has 328 valence electrons. The molecule has 0 saturated heterocycles. The Morgan fingerprint density at radius 3 is 1.11 bits per heavy atom. The lowest BCUT2D eigenvalue weighted by atomic mass is 9.63. The summed E-state index contributed by atoms with van der Waals surface area (Å²) in [5.74, 6) is 0. The van der Waals surface area contributed by atoms with Gasteiger partial charge in [-0.1, -0.05) is 243 Å². The predicted molar refractivity (Wildman–Crippen MR) is 295 cm³/mol. The third kappa shape index (κ3) is 6.86. The Balaban J connectivity index is 0.930. The molecule has 0 aliphatic heterocycles. The number of hydrogen-bond donors (Lipinski definition) is 0. The standard InChI is InChI=1S/C69H47N/c1-2-22-54(23-3-1)69(67-33-12-10-29-65(67)63-27-8-9-28-64(63)66-30-11-13-34-68(66)69)55-24-14-21-53(47-55)48-35-41-56(42-36-48)70(57-43-37-51(38-44-57)61-31-15-19-49-17-4-6-25-59(49)61)58-45-39-52(40-46-58)62-32-16-20-50-18-5-7-26-60(50)62/h1-47H. The molecule has 0 spiro atoms. The topological polar surface area (TPSA) is 3.24 Å². The zero-order valence-electron chi connectivity index (χ0n) is 38.6. The number of hydrogen-bond acceptors (Lipinski definition) is 1. The van der Waals surface area contributed by atoms with Gasteiger partial charge in [0.2, 0.25) is 0 Å². The lowest BCUT2D eigenvalue weighted by molar-refractivity contribution is 0.752. The van der Waals surface area contributed by atoms with Crippen molar-refractivity contribution in [2.24, 2.45) is 0 Å². The van der Waals surface area contributed by atoms with E-state index in [0.29, 0.717) is 0 Å². The van der Waals surface area contributed by atoms with Gasteiger partial charge in [-0.25, -0.2) is 0 Å². The van der Waals surface area contributed by atoms with Crippen molar-refractivity contribution in [1.29, 1.82) is 0 Å². The van der Waals surface area contributed by atoms with E-state index in [1.54, 1.807) is 0 Å². The highest BCUT2D eigenvalue weighted by Crippen LogP contribution is 2.55. The summed E-state index contributed by atoms with van der Waals surface area (Å²) in [7, 11) is 0. The van der Waals surface area contributed by atoms with Crippen LogP contribution in [0.3, 0.4) is 0 Å². The number of fused-ring (bicyclic) bond motifs is 7. The summed E-state index contributed by atoms with van der Waals surface area (Å²) in [6.07, 6.45) is 0. The summed E-state index contributed by atoms with van der Waals surface area (Å²) in [6.45, 7) is 0. The molecule has 13 rings (SSSR count). The monoisotopic (exact) mass is 889 g/mol. The minimum absolute atomic E-state index is 0.601. The molecule has 0 amide bonds. The van der Waals surface area contributed by atoms with E-state index in [1.165, 1.54) is 93.9 Å². The lowest BCUT2D eigenvalue weighted by Gasteiger charge is -2.38. The molecule has 0 radical (unpaired) electrons. The van der Waals surface area contributed by atoms with Crippen LogP contribution in [0.5, 0.6) is 0 Å². The molecule has 0 aromatic heterocycles. The van der Waals surface area contributed by atoms with Gasteiger partial charge in [-0.3, -0.25) is 0 Å². The van der Waals surface area contributed by atoms with Crippen LogP contribution in [0.15, 0.2) is 285 Å². The highest BCUT2D eigenvalue weighted by atomic mass is 15.1. The molecule has 0 saturated carbocycles. The summed E-state index contributed by atoms with van der Waals surface area (Å²) < 4.78 is 0. The number of anilines is 3. The second-order valence-electron chi connectivity index (χ2n) is 18.4. The molecule has 1 aliphatic rings. The molecule has 12 aromatic carbocycles. The van der Waals surface area contributed by atoms with Crippen LogP contribution in [-0.4, -0.2) is 0 Å². The maximum absolute atomic E-state index is 2.43. The summed E-state index contributed by atoms with van der Waals surface area (Å²) in [5.41, 5.74) is 19.9. The maximum Gasteiger partial charge on any atom is 0.0713 e. The summed E-state index contributed by atoms with van der Waals surface area (Å²) in [6, 6.07) is 105. The largest absolute Gasteiger partial charge is 0.311 e. The average Bonchev–Trinajstić information content (AvgIpc) is 3.55. The average molecular weight is 890 g/mol. The van der Waals surface area contributed by atoms with E-state index in [-0.39, 0.29) is 0 Å². The second-order valence-corrected chi connectivity index (χ2v) is 18.4. The van der Waals surface area contributed by atoms with Gasteiger partial charge in [0.05, 0.1) is 5.41 Å². The molecule has 12 aromatic rings. The Labute approximate surface area is 409 Å². The van der Waals surface area contributed by atoms with Crippen LogP contribution in [0.4, 0.5) is 17.1 Å². The molecule has 0 heterocycles. The van der Waals surface area contributed by atoms with Gasteiger partial charge in [0.25, 0.3) is 0 Å². The van der Waals surface area contributed by atoms with Crippen LogP contribution >= 0.6 is 0 Å². The number of benzene rings is 12. The van der Waals surface area contributed by atoms with Crippen molar-refractivity contribution in [3.63, 3.8) is 0 Å². The zero-order chi connectivity index (χ0) is 46.4. The third-order valence-corrected chi connectivity index (χ3v) is 14.6. The number of rotatable bonds is 8. The zero-order valence-corrected chi connectivity index (χ0v) is 38.6. The van der Waals surface area contributed by atoms with E-state index in [0.717, 1.165) is 22.6 Å². The van der Waals surface area contributed by atoms with Crippen molar-refractivity contribution in [3.05, 3.63) is 307 Å². The Kier molecular flexibility index (Phi) is 10.1. The first-order valence-corrected chi connectivity index (χ1v) is 24.2. The van der Waals surface area contributed by atoms with Crippen molar-refractivity contribution >= 4 is 38.6 Å². The van der Waals surface area contributed by atoms with Gasteiger partial charge in [-0.2, -0.15) is 0 Å². The van der Waals surface area contributed by atoms with Gasteiger partial charge in [-0.15, -0.1) is 0 Å². The molecule has 0 atom stereocenters. The molecule has 0 unspecified atom stereocenters. The summed E-state index contributed by atoms with van der Waals surface area (Å²) >= 11 is 0. The van der Waals surface area contributed by atoms with Crippen molar-refractivity contribution in [3.8, 4) is 55.6 Å². The van der Waals surface area contributed by atoms with Crippen LogP contribution in [0.1, 0.15) is 22.3 Å². The van der Waals surface area contributed by atoms with Gasteiger partial charge in [0.1, 0.15) is 0 Å². The Morgan fingerprint density at radius 1 is 0.229 bits per heavy atom. The van der Waals surface area contributed by atoms with Crippen LogP contribution in [0, 0.1) is 0 Å². The number of nitrogens with zero attached hydrogens (tertiary/aromatic N) is 1. The minimum Gasteiger partial charge on any atom is -0.311 e. The van der Waals surface area contributed by atoms with Crippen molar-refractivity contribution in [2.75, 3.05) is 4.90 Å². The Bertz CT molecular complexity index is 3670. The van der Waals surface area contributed by atoms with Crippen molar-refractivity contribution in [1.82, 2.24) is 0 Å². The molecular formula is C69H47N. The fourth-order valence-electron chi connectivity index (χ4n) is 11.4. The maximum atomic E-state index is 2.43. The highest BCUT2D eigenvalue weighted by Gasteiger charge is 2.43. The smallest absolute Gasteiger partial charge is 0.0713 e. The first-order chi connectivity index (χ1) is 34.7. The SMILES string of the molecule is c1ccc(C2(c3cccc(-c4ccc(N(c5ccc(-c6cccc7ccccc67)cc5)c5ccc(-c6cccc7ccccc67)cc5)cc4)c3)c3ccccc3-c3ccccc3-c3ccccc32)cc1. The van der Waals surface area contributed by atoms with Crippen LogP contribution in [0.2, 0.25) is 0 Å². The lowest BCUT2D eigenvalue weighted by Crippen LogP contribution is -2.31. The van der Waals surface area contributed by atoms with E-state index in [4.69, 9.17) is 0 Å². The minimum atomic E-state index is -0.601. The first kappa shape index (κ1) is 41.2. The molecule has 0 N–H and O–H groups in total. The Morgan fingerprint density at radius 2 is 0.600 bits per heavy atom.